The van der Waals surface area contributed by atoms with E-state index in [-0.39, 0.29) is 12.0 Å². The number of nitrogens with one attached hydrogen (secondary N) is 2. The van der Waals surface area contributed by atoms with Gasteiger partial charge in [-0.1, -0.05) is 0 Å². The zero-order valence-electron chi connectivity index (χ0n) is 10.4. The van der Waals surface area contributed by atoms with Crippen LogP contribution >= 0.6 is 11.8 Å². The van der Waals surface area contributed by atoms with E-state index < -0.39 is 0 Å². The first-order valence-electron chi connectivity index (χ1n) is 6.46. The van der Waals surface area contributed by atoms with Crippen molar-refractivity contribution in [1.29, 1.82) is 0 Å². The van der Waals surface area contributed by atoms with Gasteiger partial charge < -0.3 is 15.4 Å². The molecule has 0 aromatic carbocycles. The molecular formula is C12H22N2O2S. The van der Waals surface area contributed by atoms with E-state index in [1.165, 1.54) is 0 Å². The molecule has 2 rings (SSSR count). The van der Waals surface area contributed by atoms with Crippen molar-refractivity contribution >= 4 is 17.7 Å². The zero-order valence-corrected chi connectivity index (χ0v) is 11.2. The number of rotatable bonds is 3. The lowest BCUT2D eigenvalue weighted by Crippen LogP contribution is -2.45. The molecule has 0 bridgehead atoms. The third-order valence-electron chi connectivity index (χ3n) is 3.28. The van der Waals surface area contributed by atoms with Crippen LogP contribution in [-0.2, 0) is 9.53 Å². The van der Waals surface area contributed by atoms with E-state index in [9.17, 15) is 4.79 Å². The molecule has 2 heterocycles. The Morgan fingerprint density at radius 2 is 2.47 bits per heavy atom. The quantitative estimate of drug-likeness (QED) is 0.785. The molecule has 2 aliphatic rings. The highest BCUT2D eigenvalue weighted by Gasteiger charge is 2.22. The summed E-state index contributed by atoms with van der Waals surface area (Å²) in [7, 11) is 0. The van der Waals surface area contributed by atoms with Gasteiger partial charge in [-0.15, -0.1) is 0 Å². The summed E-state index contributed by atoms with van der Waals surface area (Å²) in [6.45, 7) is 3.86. The van der Waals surface area contributed by atoms with Gasteiger partial charge in [-0.3, -0.25) is 4.79 Å². The van der Waals surface area contributed by atoms with E-state index >= 15 is 0 Å². The monoisotopic (exact) mass is 258 g/mol. The maximum Gasteiger partial charge on any atom is 0.221 e. The Kier molecular flexibility index (Phi) is 5.13. The van der Waals surface area contributed by atoms with Crippen LogP contribution in [0.3, 0.4) is 0 Å². The van der Waals surface area contributed by atoms with Crippen molar-refractivity contribution in [2.75, 3.05) is 24.7 Å². The summed E-state index contributed by atoms with van der Waals surface area (Å²) in [5.41, 5.74) is 0. The molecule has 4 nitrogen and oxygen atoms in total. The van der Waals surface area contributed by atoms with Crippen molar-refractivity contribution in [1.82, 2.24) is 10.6 Å². The molecule has 0 radical (unpaired) electrons. The first kappa shape index (κ1) is 13.2. The van der Waals surface area contributed by atoms with E-state index in [1.807, 2.05) is 11.8 Å². The molecule has 3 atom stereocenters. The molecule has 3 unspecified atom stereocenters. The largest absolute Gasteiger partial charge is 0.378 e. The minimum Gasteiger partial charge on any atom is -0.378 e. The van der Waals surface area contributed by atoms with Crippen LogP contribution in [0.5, 0.6) is 0 Å². The average molecular weight is 258 g/mol. The number of amides is 1. The third-order valence-corrected chi connectivity index (χ3v) is 4.41. The van der Waals surface area contributed by atoms with Gasteiger partial charge in [0, 0.05) is 43.2 Å². The van der Waals surface area contributed by atoms with Crippen molar-refractivity contribution in [3.05, 3.63) is 0 Å². The topological polar surface area (TPSA) is 50.4 Å². The standard InChI is InChI=1S/C12H22N2O2S/c1-9-6-10(2-4-16-9)14-12(15)7-11-8-17-5-3-13-11/h9-11,13H,2-8H2,1H3,(H,14,15). The summed E-state index contributed by atoms with van der Waals surface area (Å²) >= 11 is 1.93. The third kappa shape index (κ3) is 4.48. The molecule has 2 saturated heterocycles. The van der Waals surface area contributed by atoms with Crippen LogP contribution in [0.4, 0.5) is 0 Å². The fourth-order valence-electron chi connectivity index (χ4n) is 2.39. The van der Waals surface area contributed by atoms with Crippen LogP contribution in [0.2, 0.25) is 0 Å². The molecule has 98 valence electrons. The second-order valence-corrected chi connectivity index (χ2v) is 6.05. The molecule has 0 aromatic rings. The van der Waals surface area contributed by atoms with Gasteiger partial charge in [-0.25, -0.2) is 0 Å². The van der Waals surface area contributed by atoms with Gasteiger partial charge in [0.15, 0.2) is 0 Å². The normalized spacial score (nSPS) is 34.3. The van der Waals surface area contributed by atoms with Crippen molar-refractivity contribution in [3.63, 3.8) is 0 Å². The van der Waals surface area contributed by atoms with Crippen LogP contribution in [0.15, 0.2) is 0 Å². The number of hydrogen-bond donors (Lipinski definition) is 2. The molecule has 0 aliphatic carbocycles. The maximum atomic E-state index is 11.9. The van der Waals surface area contributed by atoms with Gasteiger partial charge in [0.05, 0.1) is 6.10 Å². The zero-order chi connectivity index (χ0) is 12.1. The number of carbonyl (C=O) groups excluding carboxylic acids is 1. The molecule has 1 amide bonds. The number of thioether (sulfide) groups is 1. The van der Waals surface area contributed by atoms with Crippen LogP contribution < -0.4 is 10.6 Å². The van der Waals surface area contributed by atoms with Gasteiger partial charge in [0.1, 0.15) is 0 Å². The van der Waals surface area contributed by atoms with Crippen molar-refractivity contribution < 1.29 is 9.53 Å². The maximum absolute atomic E-state index is 11.9. The number of ether oxygens (including phenoxy) is 1. The number of hydrogen-bond acceptors (Lipinski definition) is 4. The van der Waals surface area contributed by atoms with Crippen LogP contribution in [0, 0.1) is 0 Å². The molecule has 2 fully saturated rings. The van der Waals surface area contributed by atoms with E-state index in [0.717, 1.165) is 37.5 Å². The second-order valence-electron chi connectivity index (χ2n) is 4.90. The molecular weight excluding hydrogens is 236 g/mol. The second kappa shape index (κ2) is 6.61. The molecule has 0 saturated carbocycles. The minimum atomic E-state index is 0.184. The van der Waals surface area contributed by atoms with Gasteiger partial charge in [0.2, 0.25) is 5.91 Å². The Morgan fingerprint density at radius 1 is 1.59 bits per heavy atom. The highest BCUT2D eigenvalue weighted by Crippen LogP contribution is 2.14. The number of carbonyl (C=O) groups is 1. The van der Waals surface area contributed by atoms with Crippen LogP contribution in [0.1, 0.15) is 26.2 Å². The first-order valence-corrected chi connectivity index (χ1v) is 7.61. The predicted octanol–water partition coefficient (Wildman–Crippen LogP) is 0.765. The van der Waals surface area contributed by atoms with Crippen LogP contribution in [0.25, 0.3) is 0 Å². The fraction of sp³-hybridized carbons (Fsp3) is 0.917. The predicted molar refractivity (Wildman–Crippen MR) is 70.3 cm³/mol. The summed E-state index contributed by atoms with van der Waals surface area (Å²) < 4.78 is 5.47. The van der Waals surface area contributed by atoms with Gasteiger partial charge >= 0.3 is 0 Å². The van der Waals surface area contributed by atoms with Gasteiger partial charge in [0.25, 0.3) is 0 Å². The Bertz CT molecular complexity index is 257. The summed E-state index contributed by atoms with van der Waals surface area (Å²) in [6.07, 6.45) is 2.78. The lowest BCUT2D eigenvalue weighted by atomic mass is 10.0. The SMILES string of the molecule is CC1CC(NC(=O)CC2CSCCN2)CCO1. The molecule has 17 heavy (non-hydrogen) atoms. The Balaban J connectivity index is 1.68. The Hall–Kier alpha value is -0.260. The fourth-order valence-corrected chi connectivity index (χ4v) is 3.34. The molecule has 2 aliphatic heterocycles. The van der Waals surface area contributed by atoms with Crippen molar-refractivity contribution in [3.8, 4) is 0 Å². The first-order chi connectivity index (χ1) is 8.24. The lowest BCUT2D eigenvalue weighted by molar-refractivity contribution is -0.123. The van der Waals surface area contributed by atoms with Crippen molar-refractivity contribution in [2.45, 2.75) is 44.4 Å². The average Bonchev–Trinajstić information content (AvgIpc) is 2.30. The van der Waals surface area contributed by atoms with Crippen LogP contribution in [-0.4, -0.2) is 48.8 Å². The van der Waals surface area contributed by atoms with E-state index in [1.54, 1.807) is 0 Å². The Labute approximate surface area is 107 Å². The highest BCUT2D eigenvalue weighted by atomic mass is 32.2. The molecule has 2 N–H and O–H groups in total. The van der Waals surface area contributed by atoms with Crippen molar-refractivity contribution in [2.24, 2.45) is 0 Å². The molecule has 0 aromatic heterocycles. The van der Waals surface area contributed by atoms with Gasteiger partial charge in [-0.2, -0.15) is 11.8 Å². The molecule has 0 spiro atoms. The summed E-state index contributed by atoms with van der Waals surface area (Å²) in [5, 5.41) is 6.52. The summed E-state index contributed by atoms with van der Waals surface area (Å²) in [4.78, 5) is 11.9. The summed E-state index contributed by atoms with van der Waals surface area (Å²) in [5.74, 6) is 2.40. The molecule has 5 heteroatoms. The minimum absolute atomic E-state index is 0.184. The van der Waals surface area contributed by atoms with E-state index in [2.05, 4.69) is 17.6 Å². The highest BCUT2D eigenvalue weighted by molar-refractivity contribution is 7.99. The Morgan fingerprint density at radius 3 is 3.18 bits per heavy atom. The van der Waals surface area contributed by atoms with Gasteiger partial charge in [-0.05, 0) is 19.8 Å². The van der Waals surface area contributed by atoms with E-state index in [0.29, 0.717) is 18.5 Å². The summed E-state index contributed by atoms with van der Waals surface area (Å²) in [6, 6.07) is 0.661. The van der Waals surface area contributed by atoms with E-state index in [4.69, 9.17) is 4.74 Å². The lowest BCUT2D eigenvalue weighted by Gasteiger charge is -2.29. The smallest absolute Gasteiger partial charge is 0.221 e.